The van der Waals surface area contributed by atoms with Gasteiger partial charge in [-0.3, -0.25) is 10.1 Å². The van der Waals surface area contributed by atoms with Crippen molar-refractivity contribution in [2.75, 3.05) is 0 Å². The van der Waals surface area contributed by atoms with Crippen LogP contribution in [0.4, 0.5) is 4.39 Å². The number of nitriles is 1. The van der Waals surface area contributed by atoms with E-state index in [2.05, 4.69) is 11.4 Å². The number of hydrogen-bond acceptors (Lipinski definition) is 3. The van der Waals surface area contributed by atoms with Gasteiger partial charge in [-0.15, -0.1) is 0 Å². The second-order valence-corrected chi connectivity index (χ2v) is 5.03. The minimum atomic E-state index is -0.698. The number of amides is 1. The van der Waals surface area contributed by atoms with E-state index in [1.54, 1.807) is 6.07 Å². The fourth-order valence-electron chi connectivity index (χ4n) is 2.22. The highest BCUT2D eigenvalue weighted by Crippen LogP contribution is 2.15. The maximum Gasteiger partial charge on any atom is 0.239 e. The van der Waals surface area contributed by atoms with Crippen molar-refractivity contribution in [1.29, 1.82) is 5.26 Å². The van der Waals surface area contributed by atoms with Gasteiger partial charge in [-0.2, -0.15) is 5.26 Å². The average Bonchev–Trinajstić information content (AvgIpc) is 2.49. The normalized spacial score (nSPS) is 11.7. The van der Waals surface area contributed by atoms with Crippen LogP contribution in [0.5, 0.6) is 0 Å². The van der Waals surface area contributed by atoms with E-state index in [0.29, 0.717) is 17.7 Å². The molecule has 0 aliphatic heterocycles. The van der Waals surface area contributed by atoms with E-state index in [4.69, 9.17) is 11.0 Å². The standard InChI is InChI=1S/C17H16FN3O/c1-11-8-12(2-3-14(11)9-19)10-21-16(17(20)22)13-4-6-15(18)7-5-13/h2-8,16,21H,10H2,1H3,(H2,20,22). The van der Waals surface area contributed by atoms with Crippen molar-refractivity contribution in [1.82, 2.24) is 5.32 Å². The summed E-state index contributed by atoms with van der Waals surface area (Å²) in [6.45, 7) is 2.27. The molecule has 22 heavy (non-hydrogen) atoms. The van der Waals surface area contributed by atoms with E-state index >= 15 is 0 Å². The van der Waals surface area contributed by atoms with Crippen LogP contribution < -0.4 is 11.1 Å². The first-order valence-corrected chi connectivity index (χ1v) is 6.79. The highest BCUT2D eigenvalue weighted by Gasteiger charge is 2.17. The zero-order valence-electron chi connectivity index (χ0n) is 12.1. The Morgan fingerprint density at radius 3 is 2.55 bits per heavy atom. The van der Waals surface area contributed by atoms with E-state index in [0.717, 1.165) is 11.1 Å². The molecule has 0 bridgehead atoms. The number of rotatable bonds is 5. The Kier molecular flexibility index (Phi) is 4.87. The molecule has 0 saturated heterocycles. The van der Waals surface area contributed by atoms with E-state index in [-0.39, 0.29) is 5.82 Å². The van der Waals surface area contributed by atoms with Crippen molar-refractivity contribution in [3.8, 4) is 6.07 Å². The minimum Gasteiger partial charge on any atom is -0.368 e. The van der Waals surface area contributed by atoms with Gasteiger partial charge in [0.1, 0.15) is 11.9 Å². The fraction of sp³-hybridized carbons (Fsp3) is 0.176. The molecule has 0 saturated carbocycles. The zero-order valence-corrected chi connectivity index (χ0v) is 12.1. The smallest absolute Gasteiger partial charge is 0.239 e. The van der Waals surface area contributed by atoms with E-state index in [1.165, 1.54) is 24.3 Å². The molecule has 2 aromatic carbocycles. The van der Waals surface area contributed by atoms with Crippen molar-refractivity contribution in [2.24, 2.45) is 5.73 Å². The minimum absolute atomic E-state index is 0.366. The molecule has 1 unspecified atom stereocenters. The third kappa shape index (κ3) is 3.68. The molecule has 1 amide bonds. The molecule has 2 aromatic rings. The second kappa shape index (κ2) is 6.83. The predicted octanol–water partition coefficient (Wildman–Crippen LogP) is 2.32. The maximum absolute atomic E-state index is 13.0. The Balaban J connectivity index is 2.13. The van der Waals surface area contributed by atoms with Crippen molar-refractivity contribution in [3.63, 3.8) is 0 Å². The molecule has 0 aliphatic carbocycles. The SMILES string of the molecule is Cc1cc(CNC(C(N)=O)c2ccc(F)cc2)ccc1C#N. The number of halogens is 1. The molecular formula is C17H16FN3O. The van der Waals surface area contributed by atoms with Crippen LogP contribution in [0.2, 0.25) is 0 Å². The molecule has 1 atom stereocenters. The molecule has 0 fully saturated rings. The molecule has 112 valence electrons. The summed E-state index contributed by atoms with van der Waals surface area (Å²) in [6, 6.07) is 12.5. The van der Waals surface area contributed by atoms with E-state index in [1.807, 2.05) is 19.1 Å². The molecule has 0 spiro atoms. The zero-order chi connectivity index (χ0) is 16.1. The first kappa shape index (κ1) is 15.7. The van der Waals surface area contributed by atoms with Gasteiger partial charge in [0.25, 0.3) is 0 Å². The lowest BCUT2D eigenvalue weighted by Gasteiger charge is -2.16. The second-order valence-electron chi connectivity index (χ2n) is 5.03. The molecule has 0 aliphatic rings. The Morgan fingerprint density at radius 2 is 2.00 bits per heavy atom. The highest BCUT2D eigenvalue weighted by molar-refractivity contribution is 5.81. The Bertz CT molecular complexity index is 720. The molecule has 5 heteroatoms. The van der Waals surface area contributed by atoms with Crippen LogP contribution in [0.15, 0.2) is 42.5 Å². The van der Waals surface area contributed by atoms with Gasteiger partial charge in [0.2, 0.25) is 5.91 Å². The monoisotopic (exact) mass is 297 g/mol. The van der Waals surface area contributed by atoms with Crippen molar-refractivity contribution in [3.05, 3.63) is 70.5 Å². The summed E-state index contributed by atoms with van der Waals surface area (Å²) in [5, 5.41) is 12.0. The number of carbonyl (C=O) groups excluding carboxylic acids is 1. The van der Waals surface area contributed by atoms with Crippen LogP contribution >= 0.6 is 0 Å². The van der Waals surface area contributed by atoms with Gasteiger partial charge in [-0.1, -0.05) is 24.3 Å². The van der Waals surface area contributed by atoms with Crippen LogP contribution in [-0.2, 0) is 11.3 Å². The quantitative estimate of drug-likeness (QED) is 0.889. The number of nitrogens with one attached hydrogen (secondary N) is 1. The molecule has 0 aromatic heterocycles. The lowest BCUT2D eigenvalue weighted by atomic mass is 10.0. The average molecular weight is 297 g/mol. The lowest BCUT2D eigenvalue weighted by molar-refractivity contribution is -0.120. The van der Waals surface area contributed by atoms with Crippen LogP contribution in [0.3, 0.4) is 0 Å². The lowest BCUT2D eigenvalue weighted by Crippen LogP contribution is -2.33. The highest BCUT2D eigenvalue weighted by atomic mass is 19.1. The summed E-state index contributed by atoms with van der Waals surface area (Å²) in [6.07, 6.45) is 0. The Morgan fingerprint density at radius 1 is 1.32 bits per heavy atom. The number of nitrogens with zero attached hydrogens (tertiary/aromatic N) is 1. The Hall–Kier alpha value is -2.71. The number of nitrogens with two attached hydrogens (primary N) is 1. The summed E-state index contributed by atoms with van der Waals surface area (Å²) in [7, 11) is 0. The Labute approximate surface area is 128 Å². The predicted molar refractivity (Wildman–Crippen MR) is 81.1 cm³/mol. The van der Waals surface area contributed by atoms with Gasteiger partial charge in [-0.05, 0) is 41.8 Å². The largest absolute Gasteiger partial charge is 0.368 e. The van der Waals surface area contributed by atoms with Crippen LogP contribution in [-0.4, -0.2) is 5.91 Å². The number of aryl methyl sites for hydroxylation is 1. The number of carbonyl (C=O) groups is 1. The summed E-state index contributed by atoms with van der Waals surface area (Å²) in [5.74, 6) is -0.897. The molecule has 0 heterocycles. The van der Waals surface area contributed by atoms with Gasteiger partial charge in [0.05, 0.1) is 11.6 Å². The van der Waals surface area contributed by atoms with Crippen molar-refractivity contribution >= 4 is 5.91 Å². The maximum atomic E-state index is 13.0. The topological polar surface area (TPSA) is 78.9 Å². The number of benzene rings is 2. The molecule has 4 nitrogen and oxygen atoms in total. The summed E-state index contributed by atoms with van der Waals surface area (Å²) >= 11 is 0. The van der Waals surface area contributed by atoms with Gasteiger partial charge >= 0.3 is 0 Å². The molecule has 3 N–H and O–H groups in total. The van der Waals surface area contributed by atoms with Crippen LogP contribution in [0.25, 0.3) is 0 Å². The van der Waals surface area contributed by atoms with Gasteiger partial charge in [0.15, 0.2) is 0 Å². The van der Waals surface area contributed by atoms with Gasteiger partial charge in [-0.25, -0.2) is 4.39 Å². The summed E-state index contributed by atoms with van der Waals surface area (Å²) in [4.78, 5) is 11.6. The first-order valence-electron chi connectivity index (χ1n) is 6.79. The fourth-order valence-corrected chi connectivity index (χ4v) is 2.22. The summed E-state index contributed by atoms with van der Waals surface area (Å²) in [5.41, 5.74) is 8.45. The van der Waals surface area contributed by atoms with Gasteiger partial charge < -0.3 is 5.73 Å². The molecule has 0 radical (unpaired) electrons. The first-order chi connectivity index (χ1) is 10.5. The van der Waals surface area contributed by atoms with Crippen molar-refractivity contribution < 1.29 is 9.18 Å². The van der Waals surface area contributed by atoms with E-state index < -0.39 is 11.9 Å². The van der Waals surface area contributed by atoms with Crippen LogP contribution in [0.1, 0.15) is 28.3 Å². The van der Waals surface area contributed by atoms with Crippen LogP contribution in [0, 0.1) is 24.1 Å². The summed E-state index contributed by atoms with van der Waals surface area (Å²) < 4.78 is 13.0. The third-order valence-corrected chi connectivity index (χ3v) is 3.41. The molecule has 2 rings (SSSR count). The third-order valence-electron chi connectivity index (χ3n) is 3.41. The van der Waals surface area contributed by atoms with Gasteiger partial charge in [0, 0.05) is 6.54 Å². The number of primary amides is 1. The molecular weight excluding hydrogens is 281 g/mol. The van der Waals surface area contributed by atoms with Crippen molar-refractivity contribution in [2.45, 2.75) is 19.5 Å². The number of hydrogen-bond donors (Lipinski definition) is 2. The van der Waals surface area contributed by atoms with E-state index in [9.17, 15) is 9.18 Å².